The maximum atomic E-state index is 4.37. The van der Waals surface area contributed by atoms with Crippen LogP contribution in [0.5, 0.6) is 0 Å². The van der Waals surface area contributed by atoms with Gasteiger partial charge in [-0.05, 0) is 35.2 Å². The Hall–Kier alpha value is -1.94. The van der Waals surface area contributed by atoms with Crippen molar-refractivity contribution in [2.45, 2.75) is 6.54 Å². The Morgan fingerprint density at radius 2 is 1.94 bits per heavy atom. The summed E-state index contributed by atoms with van der Waals surface area (Å²) in [5.74, 6) is 0.945. The van der Waals surface area contributed by atoms with Gasteiger partial charge in [0.25, 0.3) is 0 Å². The molecular formula is C13H11N3S. The zero-order valence-electron chi connectivity index (χ0n) is 9.13. The van der Waals surface area contributed by atoms with E-state index in [4.69, 9.17) is 0 Å². The molecule has 0 aliphatic rings. The average molecular weight is 241 g/mol. The van der Waals surface area contributed by atoms with E-state index in [0.717, 1.165) is 12.4 Å². The van der Waals surface area contributed by atoms with Crippen molar-refractivity contribution >= 4 is 27.2 Å². The van der Waals surface area contributed by atoms with Crippen LogP contribution in [0.2, 0.25) is 0 Å². The molecule has 3 nitrogen and oxygen atoms in total. The molecule has 3 aromatic rings. The molecule has 0 amide bonds. The van der Waals surface area contributed by atoms with E-state index in [9.17, 15) is 0 Å². The van der Waals surface area contributed by atoms with Gasteiger partial charge in [-0.3, -0.25) is 4.98 Å². The highest BCUT2D eigenvalue weighted by molar-refractivity contribution is 7.17. The molecule has 0 aromatic carbocycles. The number of anilines is 1. The number of hydrogen-bond donors (Lipinski definition) is 1. The zero-order valence-corrected chi connectivity index (χ0v) is 9.95. The minimum absolute atomic E-state index is 0.768. The van der Waals surface area contributed by atoms with E-state index in [-0.39, 0.29) is 0 Å². The fourth-order valence-electron chi connectivity index (χ4n) is 1.72. The van der Waals surface area contributed by atoms with Crippen LogP contribution >= 0.6 is 11.3 Å². The summed E-state index contributed by atoms with van der Waals surface area (Å²) in [7, 11) is 0. The average Bonchev–Trinajstić information content (AvgIpc) is 2.86. The summed E-state index contributed by atoms with van der Waals surface area (Å²) in [6.07, 6.45) is 5.44. The third kappa shape index (κ3) is 2.12. The number of fused-ring (bicyclic) bond motifs is 1. The van der Waals surface area contributed by atoms with Crippen LogP contribution in [0.3, 0.4) is 0 Å². The van der Waals surface area contributed by atoms with E-state index in [1.807, 2.05) is 24.4 Å². The first-order valence-corrected chi connectivity index (χ1v) is 6.26. The van der Waals surface area contributed by atoms with E-state index in [2.05, 4.69) is 26.7 Å². The van der Waals surface area contributed by atoms with Crippen molar-refractivity contribution < 1.29 is 0 Å². The minimum Gasteiger partial charge on any atom is -0.365 e. The molecular weight excluding hydrogens is 230 g/mol. The Labute approximate surface area is 103 Å². The van der Waals surface area contributed by atoms with Gasteiger partial charge in [0.05, 0.1) is 0 Å². The van der Waals surface area contributed by atoms with Gasteiger partial charge in [-0.25, -0.2) is 4.98 Å². The van der Waals surface area contributed by atoms with E-state index < -0.39 is 0 Å². The molecule has 0 fully saturated rings. The largest absolute Gasteiger partial charge is 0.365 e. The predicted octanol–water partition coefficient (Wildman–Crippen LogP) is 3.30. The summed E-state index contributed by atoms with van der Waals surface area (Å²) in [5.41, 5.74) is 1.20. The predicted molar refractivity (Wildman–Crippen MR) is 71.2 cm³/mol. The van der Waals surface area contributed by atoms with E-state index >= 15 is 0 Å². The third-order valence-corrected chi connectivity index (χ3v) is 3.47. The second-order valence-corrected chi connectivity index (χ2v) is 4.65. The molecule has 0 saturated heterocycles. The molecule has 84 valence electrons. The highest BCUT2D eigenvalue weighted by atomic mass is 32.1. The van der Waals surface area contributed by atoms with Gasteiger partial charge in [-0.1, -0.05) is 0 Å². The van der Waals surface area contributed by atoms with E-state index in [0.29, 0.717) is 0 Å². The molecule has 0 atom stereocenters. The smallest absolute Gasteiger partial charge is 0.134 e. The SMILES string of the molecule is c1cc(CNc2nccc3sccc23)ccn1. The summed E-state index contributed by atoms with van der Waals surface area (Å²) < 4.78 is 1.26. The van der Waals surface area contributed by atoms with Crippen molar-refractivity contribution in [1.82, 2.24) is 9.97 Å². The summed E-state index contributed by atoms with van der Waals surface area (Å²) in [6, 6.07) is 8.14. The van der Waals surface area contributed by atoms with Crippen molar-refractivity contribution in [2.24, 2.45) is 0 Å². The molecule has 17 heavy (non-hydrogen) atoms. The number of nitrogens with zero attached hydrogens (tertiary/aromatic N) is 2. The van der Waals surface area contributed by atoms with E-state index in [1.165, 1.54) is 15.6 Å². The molecule has 3 rings (SSSR count). The third-order valence-electron chi connectivity index (χ3n) is 2.59. The molecule has 4 heteroatoms. The standard InChI is InChI=1S/C13H11N3S/c1-5-14-6-2-10(1)9-16-13-11-4-8-17-12(11)3-7-15-13/h1-8H,9H2,(H,15,16). The Morgan fingerprint density at radius 1 is 1.06 bits per heavy atom. The summed E-state index contributed by atoms with van der Waals surface area (Å²) in [5, 5.41) is 6.63. The molecule has 0 aliphatic carbocycles. The molecule has 1 N–H and O–H groups in total. The number of pyridine rings is 2. The van der Waals surface area contributed by atoms with Crippen LogP contribution in [-0.4, -0.2) is 9.97 Å². The van der Waals surface area contributed by atoms with Gasteiger partial charge in [0.2, 0.25) is 0 Å². The Morgan fingerprint density at radius 3 is 2.82 bits per heavy atom. The minimum atomic E-state index is 0.768. The number of nitrogens with one attached hydrogen (secondary N) is 1. The van der Waals surface area contributed by atoms with Crippen molar-refractivity contribution in [3.05, 3.63) is 53.8 Å². The van der Waals surface area contributed by atoms with Gasteiger partial charge in [-0.15, -0.1) is 11.3 Å². The second-order valence-electron chi connectivity index (χ2n) is 3.70. The van der Waals surface area contributed by atoms with Crippen LogP contribution < -0.4 is 5.32 Å². The lowest BCUT2D eigenvalue weighted by Gasteiger charge is -2.06. The lowest BCUT2D eigenvalue weighted by atomic mass is 10.2. The molecule has 0 unspecified atom stereocenters. The lowest BCUT2D eigenvalue weighted by molar-refractivity contribution is 1.11. The first-order valence-electron chi connectivity index (χ1n) is 5.38. The fraction of sp³-hybridized carbons (Fsp3) is 0.0769. The first-order chi connectivity index (χ1) is 8.43. The Kier molecular flexibility index (Phi) is 2.71. The summed E-state index contributed by atoms with van der Waals surface area (Å²) in [6.45, 7) is 0.768. The number of thiophene rings is 1. The number of aromatic nitrogens is 2. The maximum absolute atomic E-state index is 4.37. The van der Waals surface area contributed by atoms with Crippen LogP contribution in [0.15, 0.2) is 48.2 Å². The highest BCUT2D eigenvalue weighted by Gasteiger charge is 2.02. The summed E-state index contributed by atoms with van der Waals surface area (Å²) >= 11 is 1.73. The van der Waals surface area contributed by atoms with Gasteiger partial charge in [-0.2, -0.15) is 0 Å². The van der Waals surface area contributed by atoms with Gasteiger partial charge >= 0.3 is 0 Å². The van der Waals surface area contributed by atoms with Crippen LogP contribution in [-0.2, 0) is 6.54 Å². The quantitative estimate of drug-likeness (QED) is 0.764. The fourth-order valence-corrected chi connectivity index (χ4v) is 2.50. The van der Waals surface area contributed by atoms with E-state index in [1.54, 1.807) is 23.7 Å². The topological polar surface area (TPSA) is 37.8 Å². The van der Waals surface area contributed by atoms with Crippen LogP contribution in [0, 0.1) is 0 Å². The van der Waals surface area contributed by atoms with Crippen LogP contribution in [0.1, 0.15) is 5.56 Å². The normalized spacial score (nSPS) is 10.6. The van der Waals surface area contributed by atoms with Gasteiger partial charge in [0.1, 0.15) is 5.82 Å². The maximum Gasteiger partial charge on any atom is 0.134 e. The first kappa shape index (κ1) is 10.2. The number of hydrogen-bond acceptors (Lipinski definition) is 4. The lowest BCUT2D eigenvalue weighted by Crippen LogP contribution is -2.01. The molecule has 0 aliphatic heterocycles. The molecule has 3 heterocycles. The van der Waals surface area contributed by atoms with Gasteiger partial charge in [0, 0.05) is 35.2 Å². The van der Waals surface area contributed by atoms with Gasteiger partial charge < -0.3 is 5.32 Å². The molecule has 3 aromatic heterocycles. The molecule has 0 bridgehead atoms. The highest BCUT2D eigenvalue weighted by Crippen LogP contribution is 2.25. The summed E-state index contributed by atoms with van der Waals surface area (Å²) in [4.78, 5) is 8.37. The van der Waals surface area contributed by atoms with Crippen molar-refractivity contribution in [3.63, 3.8) is 0 Å². The van der Waals surface area contributed by atoms with Crippen molar-refractivity contribution in [2.75, 3.05) is 5.32 Å². The van der Waals surface area contributed by atoms with Crippen molar-refractivity contribution in [1.29, 1.82) is 0 Å². The van der Waals surface area contributed by atoms with Crippen molar-refractivity contribution in [3.8, 4) is 0 Å². The molecule has 0 radical (unpaired) electrons. The van der Waals surface area contributed by atoms with Gasteiger partial charge in [0.15, 0.2) is 0 Å². The monoisotopic (exact) mass is 241 g/mol. The second kappa shape index (κ2) is 4.51. The molecule has 0 saturated carbocycles. The zero-order chi connectivity index (χ0) is 11.5. The Bertz CT molecular complexity index is 619. The number of rotatable bonds is 3. The van der Waals surface area contributed by atoms with Crippen LogP contribution in [0.4, 0.5) is 5.82 Å². The van der Waals surface area contributed by atoms with Crippen LogP contribution in [0.25, 0.3) is 10.1 Å². The Balaban J connectivity index is 1.84. The molecule has 0 spiro atoms.